The van der Waals surface area contributed by atoms with Crippen LogP contribution in [-0.2, 0) is 52.7 Å². The lowest BCUT2D eigenvalue weighted by Crippen LogP contribution is -2.41. The minimum Gasteiger partial charge on any atom is -0.481 e. The Balaban J connectivity index is 4.79. The van der Waals surface area contributed by atoms with Crippen LogP contribution in [0.3, 0.4) is 0 Å². The molecule has 0 aromatic carbocycles. The number of aliphatic carboxylic acids is 4. The molecule has 0 unspecified atom stereocenters. The van der Waals surface area contributed by atoms with Crippen LogP contribution in [0.5, 0.6) is 0 Å². The van der Waals surface area contributed by atoms with Gasteiger partial charge in [-0.25, -0.2) is 9.59 Å². The first-order valence-corrected chi connectivity index (χ1v) is 19.3. The van der Waals surface area contributed by atoms with Crippen molar-refractivity contribution in [1.29, 1.82) is 0 Å². The normalized spacial score (nSPS) is 14.6. The van der Waals surface area contributed by atoms with E-state index in [2.05, 4.69) is 21.3 Å². The highest BCUT2D eigenvalue weighted by molar-refractivity contribution is 5.88. The van der Waals surface area contributed by atoms with E-state index in [9.17, 15) is 73.2 Å². The lowest BCUT2D eigenvalue weighted by molar-refractivity contribution is -0.145. The molecule has 0 spiro atoms. The Kier molecular flexibility index (Phi) is 25.8. The molecule has 3 amide bonds. The van der Waals surface area contributed by atoms with Crippen molar-refractivity contribution in [3.05, 3.63) is 0 Å². The van der Waals surface area contributed by atoms with Gasteiger partial charge in [0.25, 0.3) is 0 Å². The first-order valence-electron chi connectivity index (χ1n) is 19.3. The zero-order valence-electron chi connectivity index (χ0n) is 33.6. The molecule has 7 atom stereocenters. The summed E-state index contributed by atoms with van der Waals surface area (Å²) in [6.45, 7) is 4.22. The van der Waals surface area contributed by atoms with Crippen LogP contribution in [0.25, 0.3) is 0 Å². The van der Waals surface area contributed by atoms with Crippen molar-refractivity contribution in [3.63, 3.8) is 0 Å². The van der Waals surface area contributed by atoms with E-state index in [-0.39, 0.29) is 63.1 Å². The molecule has 20 heteroatoms. The lowest BCUT2D eigenvalue weighted by atomic mass is 9.91. The Morgan fingerprint density at radius 1 is 0.534 bits per heavy atom. The zero-order chi connectivity index (χ0) is 44.5. The number of carboxylic acids is 4. The maximum absolute atomic E-state index is 12.6. The highest BCUT2D eigenvalue weighted by Crippen LogP contribution is 2.18. The smallest absolute Gasteiger partial charge is 0.326 e. The fourth-order valence-electron chi connectivity index (χ4n) is 6.14. The van der Waals surface area contributed by atoms with Crippen molar-refractivity contribution in [2.24, 2.45) is 17.8 Å². The second-order valence-electron chi connectivity index (χ2n) is 14.4. The van der Waals surface area contributed by atoms with E-state index in [1.165, 1.54) is 13.8 Å². The van der Waals surface area contributed by atoms with Crippen LogP contribution in [0.15, 0.2) is 0 Å². The molecule has 0 saturated heterocycles. The number of aliphatic hydroxyl groups is 1. The summed E-state index contributed by atoms with van der Waals surface area (Å²) in [5, 5.41) is 57.5. The minimum atomic E-state index is -1.58. The van der Waals surface area contributed by atoms with Crippen molar-refractivity contribution < 1.29 is 78.3 Å². The number of amides is 3. The Morgan fingerprint density at radius 3 is 1.43 bits per heavy atom. The average Bonchev–Trinajstić information content (AvgIpc) is 3.12. The third-order valence-corrected chi connectivity index (χ3v) is 9.60. The van der Waals surface area contributed by atoms with Crippen LogP contribution in [0.2, 0.25) is 0 Å². The summed E-state index contributed by atoms with van der Waals surface area (Å²) in [5.74, 6) is -12.4. The molecule has 0 aliphatic rings. The topological polar surface area (TPSA) is 337 Å². The molecule has 0 rings (SSSR count). The minimum absolute atomic E-state index is 0.0982. The molecule has 20 nitrogen and oxygen atoms in total. The molecular formula is C38H60N4O16. The van der Waals surface area contributed by atoms with Crippen molar-refractivity contribution in [2.75, 3.05) is 13.6 Å². The van der Waals surface area contributed by atoms with E-state index < -0.39 is 127 Å². The largest absolute Gasteiger partial charge is 0.481 e. The number of likely N-dealkylation sites (N-methyl/N-ethyl adjacent to an activating group) is 1. The summed E-state index contributed by atoms with van der Waals surface area (Å²) in [5.41, 5.74) is 0. The SMILES string of the molecule is CN[C@@H](CCCCNC(=O)CC[C@H](CC(=O)CC[C@H](NC(=O)CC[C@H](CC(=O)CC[C@H](NC(C)=O)C(=O)O)C(=O)O)C(=O)O)C(=O)O)C(=O)CC[C@H](C(C)=O)[C@@H](C)O. The van der Waals surface area contributed by atoms with Crippen LogP contribution in [-0.4, -0.2) is 128 Å². The molecule has 0 aromatic heterocycles. The molecule has 0 heterocycles. The summed E-state index contributed by atoms with van der Waals surface area (Å²) in [7, 11) is 1.63. The van der Waals surface area contributed by atoms with Gasteiger partial charge in [0.1, 0.15) is 35.2 Å². The molecule has 0 fully saturated rings. The number of ketones is 4. The number of unbranched alkanes of at least 4 members (excludes halogenated alkanes) is 1. The van der Waals surface area contributed by atoms with E-state index >= 15 is 0 Å². The third-order valence-electron chi connectivity index (χ3n) is 9.60. The summed E-state index contributed by atoms with van der Waals surface area (Å²) in [6.07, 6.45) is -2.73. The number of nitrogens with one attached hydrogen (secondary N) is 4. The number of aliphatic hydroxyl groups excluding tert-OH is 1. The van der Waals surface area contributed by atoms with Crippen molar-refractivity contribution in [1.82, 2.24) is 21.3 Å². The number of Topliss-reactive ketones (excluding diaryl/α,β-unsaturated/α-hetero) is 4. The van der Waals surface area contributed by atoms with E-state index in [1.54, 1.807) is 7.05 Å². The van der Waals surface area contributed by atoms with Crippen LogP contribution in [0.4, 0.5) is 0 Å². The van der Waals surface area contributed by atoms with Crippen molar-refractivity contribution >= 4 is 64.7 Å². The molecule has 9 N–H and O–H groups in total. The molecule has 328 valence electrons. The van der Waals surface area contributed by atoms with Crippen molar-refractivity contribution in [3.8, 4) is 0 Å². The molecule has 0 aliphatic carbocycles. The second kappa shape index (κ2) is 28.3. The Labute approximate surface area is 336 Å². The molecule has 0 aliphatic heterocycles. The number of carbonyl (C=O) groups excluding carboxylic acids is 7. The number of rotatable bonds is 34. The number of hydrogen-bond acceptors (Lipinski definition) is 13. The highest BCUT2D eigenvalue weighted by Gasteiger charge is 2.28. The van der Waals surface area contributed by atoms with Gasteiger partial charge in [0, 0.05) is 64.3 Å². The van der Waals surface area contributed by atoms with E-state index in [0.717, 1.165) is 6.92 Å². The maximum atomic E-state index is 12.6. The van der Waals surface area contributed by atoms with Gasteiger partial charge in [-0.05, 0) is 72.3 Å². The van der Waals surface area contributed by atoms with E-state index in [1.807, 2.05) is 0 Å². The first-order chi connectivity index (χ1) is 27.1. The van der Waals surface area contributed by atoms with Crippen LogP contribution in [0.1, 0.15) is 117 Å². The van der Waals surface area contributed by atoms with Gasteiger partial charge in [0.05, 0.1) is 24.0 Å². The van der Waals surface area contributed by atoms with Gasteiger partial charge in [0.2, 0.25) is 17.7 Å². The molecule has 0 saturated carbocycles. The summed E-state index contributed by atoms with van der Waals surface area (Å²) >= 11 is 0. The predicted octanol–water partition coefficient (Wildman–Crippen LogP) is 0.396. The van der Waals surface area contributed by atoms with Gasteiger partial charge in [-0.1, -0.05) is 0 Å². The van der Waals surface area contributed by atoms with Gasteiger partial charge < -0.3 is 46.8 Å². The van der Waals surface area contributed by atoms with Gasteiger partial charge >= 0.3 is 23.9 Å². The maximum Gasteiger partial charge on any atom is 0.326 e. The molecule has 58 heavy (non-hydrogen) atoms. The van der Waals surface area contributed by atoms with Crippen LogP contribution < -0.4 is 21.3 Å². The van der Waals surface area contributed by atoms with Crippen LogP contribution >= 0.6 is 0 Å². The average molecular weight is 829 g/mol. The molecule has 0 radical (unpaired) electrons. The third kappa shape index (κ3) is 23.2. The van der Waals surface area contributed by atoms with Crippen LogP contribution in [0, 0.1) is 17.8 Å². The fourth-order valence-corrected chi connectivity index (χ4v) is 6.14. The van der Waals surface area contributed by atoms with Crippen molar-refractivity contribution in [2.45, 2.75) is 141 Å². The monoisotopic (exact) mass is 828 g/mol. The quantitative estimate of drug-likeness (QED) is 0.0396. The Morgan fingerprint density at radius 2 is 1.02 bits per heavy atom. The van der Waals surface area contributed by atoms with Gasteiger partial charge in [-0.15, -0.1) is 0 Å². The lowest BCUT2D eigenvalue weighted by Gasteiger charge is -2.19. The first kappa shape index (κ1) is 52.9. The van der Waals surface area contributed by atoms with E-state index in [4.69, 9.17) is 5.11 Å². The number of hydrogen-bond donors (Lipinski definition) is 9. The van der Waals surface area contributed by atoms with Gasteiger partial charge in [-0.3, -0.25) is 43.2 Å². The number of carboxylic acid groups (broad SMARTS) is 4. The Bertz CT molecular complexity index is 1470. The highest BCUT2D eigenvalue weighted by atomic mass is 16.4. The molecular weight excluding hydrogens is 768 g/mol. The fraction of sp³-hybridized carbons (Fsp3) is 0.711. The van der Waals surface area contributed by atoms with Gasteiger partial charge in [0.15, 0.2) is 0 Å². The van der Waals surface area contributed by atoms with E-state index in [0.29, 0.717) is 19.3 Å². The number of carbonyl (C=O) groups is 11. The Hall–Kier alpha value is -5.11. The summed E-state index contributed by atoms with van der Waals surface area (Å²) in [6, 6.07) is -3.40. The second-order valence-corrected chi connectivity index (χ2v) is 14.4. The van der Waals surface area contributed by atoms with Gasteiger partial charge in [-0.2, -0.15) is 0 Å². The molecule has 0 bridgehead atoms. The predicted molar refractivity (Wildman–Crippen MR) is 203 cm³/mol. The summed E-state index contributed by atoms with van der Waals surface area (Å²) < 4.78 is 0. The molecule has 0 aromatic rings. The summed E-state index contributed by atoms with van der Waals surface area (Å²) in [4.78, 5) is 132. The zero-order valence-corrected chi connectivity index (χ0v) is 33.6. The standard InChI is InChI=1S/C38H60N4O16/c1-21(43)28(22(2)44)12-15-32(48)29(39-4)7-5-6-18-40-33(49)16-8-24(35(51)52)19-27(47)11-14-31(38(57)58)42-34(50)17-9-25(36(53)54)20-26(46)10-13-30(37(55)56)41-23(3)45/h21,24-25,28-31,39,43H,5-20H2,1-4H3,(H,40,49)(H,41,45)(H,42,50)(H,51,52)(H,53,54)(H,55,56)(H,57,58)/t21-,24-,25-,28+,29+,30+,31+/m1/s1.